The van der Waals surface area contributed by atoms with E-state index in [0.29, 0.717) is 13.1 Å². The van der Waals surface area contributed by atoms with Gasteiger partial charge in [-0.2, -0.15) is 0 Å². The SMILES string of the molecule is CCN(CC)C(=O)C1CCC(=O)N1S(C)(=O)=O. The number of carbonyl (C=O) groups is 2. The number of carbonyl (C=O) groups excluding carboxylic acids is 2. The average molecular weight is 262 g/mol. The fourth-order valence-corrected chi connectivity index (χ4v) is 3.17. The molecule has 0 aliphatic carbocycles. The highest BCUT2D eigenvalue weighted by Crippen LogP contribution is 2.23. The topological polar surface area (TPSA) is 74.8 Å². The summed E-state index contributed by atoms with van der Waals surface area (Å²) in [5, 5.41) is 0. The molecule has 1 fully saturated rings. The zero-order valence-electron chi connectivity index (χ0n) is 10.3. The molecule has 0 aromatic heterocycles. The van der Waals surface area contributed by atoms with Crippen LogP contribution in [0, 0.1) is 0 Å². The molecule has 1 aliphatic rings. The number of likely N-dealkylation sites (N-methyl/N-ethyl adjacent to an activating group) is 1. The summed E-state index contributed by atoms with van der Waals surface area (Å²) in [4.78, 5) is 25.1. The molecule has 1 heterocycles. The Morgan fingerprint density at radius 1 is 1.41 bits per heavy atom. The van der Waals surface area contributed by atoms with Crippen LogP contribution in [0.5, 0.6) is 0 Å². The molecule has 0 spiro atoms. The minimum absolute atomic E-state index is 0.116. The molecule has 1 atom stereocenters. The maximum absolute atomic E-state index is 12.1. The summed E-state index contributed by atoms with van der Waals surface area (Å²) in [6.07, 6.45) is 1.35. The summed E-state index contributed by atoms with van der Waals surface area (Å²) in [6.45, 7) is 4.67. The monoisotopic (exact) mass is 262 g/mol. The molecule has 0 aromatic rings. The van der Waals surface area contributed by atoms with Gasteiger partial charge in [-0.05, 0) is 20.3 Å². The van der Waals surface area contributed by atoms with Gasteiger partial charge in [0.1, 0.15) is 6.04 Å². The first-order chi connectivity index (χ1) is 7.82. The number of sulfonamides is 1. The van der Waals surface area contributed by atoms with Crippen molar-refractivity contribution < 1.29 is 18.0 Å². The van der Waals surface area contributed by atoms with Gasteiger partial charge in [-0.3, -0.25) is 9.59 Å². The molecule has 2 amide bonds. The maximum Gasteiger partial charge on any atom is 0.246 e. The van der Waals surface area contributed by atoms with E-state index in [-0.39, 0.29) is 18.7 Å². The van der Waals surface area contributed by atoms with Crippen LogP contribution in [0.25, 0.3) is 0 Å². The van der Waals surface area contributed by atoms with E-state index in [1.165, 1.54) is 0 Å². The fraction of sp³-hybridized carbons (Fsp3) is 0.800. The molecule has 0 aromatic carbocycles. The van der Waals surface area contributed by atoms with Gasteiger partial charge in [-0.15, -0.1) is 0 Å². The number of nitrogens with zero attached hydrogens (tertiary/aromatic N) is 2. The van der Waals surface area contributed by atoms with E-state index in [1.807, 2.05) is 13.8 Å². The molecule has 0 saturated carbocycles. The quantitative estimate of drug-likeness (QED) is 0.703. The molecule has 6 nitrogen and oxygen atoms in total. The Kier molecular flexibility index (Phi) is 4.13. The van der Waals surface area contributed by atoms with E-state index in [2.05, 4.69) is 0 Å². The molecule has 1 rings (SSSR count). The van der Waals surface area contributed by atoms with Crippen LogP contribution in [0.2, 0.25) is 0 Å². The van der Waals surface area contributed by atoms with Gasteiger partial charge < -0.3 is 4.90 Å². The number of rotatable bonds is 4. The zero-order chi connectivity index (χ0) is 13.2. The van der Waals surface area contributed by atoms with Crippen LogP contribution >= 0.6 is 0 Å². The summed E-state index contributed by atoms with van der Waals surface area (Å²) in [5.74, 6) is -0.774. The van der Waals surface area contributed by atoms with Gasteiger partial charge in [-0.1, -0.05) is 0 Å². The van der Waals surface area contributed by atoms with E-state index >= 15 is 0 Å². The van der Waals surface area contributed by atoms with Crippen molar-refractivity contribution in [2.75, 3.05) is 19.3 Å². The van der Waals surface area contributed by atoms with E-state index in [4.69, 9.17) is 0 Å². The summed E-state index contributed by atoms with van der Waals surface area (Å²) in [7, 11) is -3.66. The molecule has 7 heteroatoms. The summed E-state index contributed by atoms with van der Waals surface area (Å²) < 4.78 is 23.7. The predicted molar refractivity (Wildman–Crippen MR) is 62.6 cm³/mol. The first-order valence-corrected chi connectivity index (χ1v) is 7.48. The van der Waals surface area contributed by atoms with Gasteiger partial charge in [0, 0.05) is 19.5 Å². The Hall–Kier alpha value is -1.11. The van der Waals surface area contributed by atoms with Crippen molar-refractivity contribution in [3.8, 4) is 0 Å². The van der Waals surface area contributed by atoms with E-state index in [0.717, 1.165) is 10.6 Å². The number of amides is 2. The molecule has 0 radical (unpaired) electrons. The first kappa shape index (κ1) is 14.0. The van der Waals surface area contributed by atoms with Crippen LogP contribution in [-0.2, 0) is 19.6 Å². The Morgan fingerprint density at radius 3 is 2.35 bits per heavy atom. The second-order valence-corrected chi connectivity index (χ2v) is 5.88. The van der Waals surface area contributed by atoms with E-state index in [1.54, 1.807) is 4.90 Å². The van der Waals surface area contributed by atoms with Crippen LogP contribution in [0.4, 0.5) is 0 Å². The van der Waals surface area contributed by atoms with Gasteiger partial charge >= 0.3 is 0 Å². The lowest BCUT2D eigenvalue weighted by molar-refractivity contribution is -0.137. The second-order valence-electron chi connectivity index (χ2n) is 4.02. The molecule has 0 N–H and O–H groups in total. The largest absolute Gasteiger partial charge is 0.341 e. The highest BCUT2D eigenvalue weighted by atomic mass is 32.2. The second kappa shape index (κ2) is 5.03. The third-order valence-corrected chi connectivity index (χ3v) is 4.05. The Bertz CT molecular complexity index is 414. The first-order valence-electron chi connectivity index (χ1n) is 5.63. The highest BCUT2D eigenvalue weighted by Gasteiger charge is 2.42. The third-order valence-electron chi connectivity index (χ3n) is 2.88. The number of hydrogen-bond donors (Lipinski definition) is 0. The lowest BCUT2D eigenvalue weighted by Gasteiger charge is -2.27. The fourth-order valence-electron chi connectivity index (χ4n) is 2.05. The van der Waals surface area contributed by atoms with Crippen LogP contribution in [-0.4, -0.2) is 54.8 Å². The van der Waals surface area contributed by atoms with Gasteiger partial charge in [0.25, 0.3) is 0 Å². The molecule has 1 aliphatic heterocycles. The Labute approximate surface area is 102 Å². The van der Waals surface area contributed by atoms with Gasteiger partial charge in [0.15, 0.2) is 0 Å². The van der Waals surface area contributed by atoms with Gasteiger partial charge in [-0.25, -0.2) is 12.7 Å². The van der Waals surface area contributed by atoms with Crippen molar-refractivity contribution in [3.63, 3.8) is 0 Å². The zero-order valence-corrected chi connectivity index (χ0v) is 11.2. The van der Waals surface area contributed by atoms with Crippen LogP contribution in [0.3, 0.4) is 0 Å². The molecule has 1 saturated heterocycles. The summed E-state index contributed by atoms with van der Waals surface area (Å²) in [6, 6.07) is -0.850. The highest BCUT2D eigenvalue weighted by molar-refractivity contribution is 7.89. The smallest absolute Gasteiger partial charge is 0.246 e. The minimum Gasteiger partial charge on any atom is -0.341 e. The molecule has 98 valence electrons. The summed E-state index contributed by atoms with van der Waals surface area (Å²) >= 11 is 0. The molecular weight excluding hydrogens is 244 g/mol. The van der Waals surface area contributed by atoms with Crippen molar-refractivity contribution in [2.24, 2.45) is 0 Å². The van der Waals surface area contributed by atoms with Gasteiger partial charge in [0.2, 0.25) is 21.8 Å². The Balaban J connectivity index is 2.98. The van der Waals surface area contributed by atoms with Crippen LogP contribution in [0.15, 0.2) is 0 Å². The van der Waals surface area contributed by atoms with Crippen molar-refractivity contribution in [3.05, 3.63) is 0 Å². The average Bonchev–Trinajstić information content (AvgIpc) is 2.61. The van der Waals surface area contributed by atoms with Crippen molar-refractivity contribution >= 4 is 21.8 Å². The Morgan fingerprint density at radius 2 is 1.94 bits per heavy atom. The lowest BCUT2D eigenvalue weighted by Crippen LogP contribution is -2.48. The normalized spacial score (nSPS) is 20.8. The third kappa shape index (κ3) is 2.77. The molecule has 17 heavy (non-hydrogen) atoms. The molecule has 1 unspecified atom stereocenters. The molecular formula is C10H18N2O4S. The number of hydrogen-bond acceptors (Lipinski definition) is 4. The van der Waals surface area contributed by atoms with E-state index < -0.39 is 22.0 Å². The standard InChI is InChI=1S/C10H18N2O4S/c1-4-11(5-2)10(14)8-6-7-9(13)12(8)17(3,15)16/h8H,4-7H2,1-3H3. The maximum atomic E-state index is 12.1. The minimum atomic E-state index is -3.66. The summed E-state index contributed by atoms with van der Waals surface area (Å²) in [5.41, 5.74) is 0. The predicted octanol–water partition coefficient (Wildman–Crippen LogP) is -0.195. The van der Waals surface area contributed by atoms with E-state index in [9.17, 15) is 18.0 Å². The van der Waals surface area contributed by atoms with Crippen LogP contribution in [0.1, 0.15) is 26.7 Å². The van der Waals surface area contributed by atoms with Gasteiger partial charge in [0.05, 0.1) is 6.26 Å². The van der Waals surface area contributed by atoms with Crippen molar-refractivity contribution in [1.29, 1.82) is 0 Å². The molecule has 0 bridgehead atoms. The van der Waals surface area contributed by atoms with Crippen molar-refractivity contribution in [1.82, 2.24) is 9.21 Å². The lowest BCUT2D eigenvalue weighted by atomic mass is 10.2. The van der Waals surface area contributed by atoms with Crippen molar-refractivity contribution in [2.45, 2.75) is 32.7 Å². The van der Waals surface area contributed by atoms with Crippen LogP contribution < -0.4 is 0 Å².